The van der Waals surface area contributed by atoms with Gasteiger partial charge in [0.05, 0.1) is 23.7 Å². The Balaban J connectivity index is 2.21. The monoisotopic (exact) mass is 499 g/mol. The highest BCUT2D eigenvalue weighted by molar-refractivity contribution is 6.18. The number of halogens is 2. The lowest BCUT2D eigenvalue weighted by Gasteiger charge is -2.22. The van der Waals surface area contributed by atoms with E-state index in [0.29, 0.717) is 37.7 Å². The number of amides is 1. The van der Waals surface area contributed by atoms with Crippen molar-refractivity contribution in [2.45, 2.75) is 45.7 Å². The number of carbonyl (C=O) groups is 2. The number of aryl methyl sites for hydroxylation is 2. The molecule has 0 aliphatic heterocycles. The molecule has 0 aliphatic carbocycles. The van der Waals surface area contributed by atoms with E-state index in [9.17, 15) is 9.59 Å². The number of ether oxygens (including phenoxy) is 1. The lowest BCUT2D eigenvalue weighted by Crippen LogP contribution is -2.50. The van der Waals surface area contributed by atoms with E-state index in [1.807, 2.05) is 43.7 Å². The summed E-state index contributed by atoms with van der Waals surface area (Å²) in [4.78, 5) is 31.8. The van der Waals surface area contributed by atoms with Crippen LogP contribution in [0.1, 0.15) is 33.0 Å². The van der Waals surface area contributed by atoms with Gasteiger partial charge in [-0.05, 0) is 37.5 Å². The Hall–Kier alpha value is -2.03. The van der Waals surface area contributed by atoms with Crippen LogP contribution in [0, 0.1) is 5.92 Å². The second-order valence-corrected chi connectivity index (χ2v) is 9.00. The Morgan fingerprint density at radius 1 is 1.24 bits per heavy atom. The molecule has 8 nitrogen and oxygen atoms in total. The highest BCUT2D eigenvalue weighted by Crippen LogP contribution is 2.23. The van der Waals surface area contributed by atoms with Gasteiger partial charge < -0.3 is 25.3 Å². The van der Waals surface area contributed by atoms with Crippen LogP contribution in [0.15, 0.2) is 18.2 Å². The minimum absolute atomic E-state index is 0.0425. The quantitative estimate of drug-likeness (QED) is 0.324. The summed E-state index contributed by atoms with van der Waals surface area (Å²) < 4.78 is 7.16. The van der Waals surface area contributed by atoms with E-state index < -0.39 is 18.1 Å². The van der Waals surface area contributed by atoms with Gasteiger partial charge in [0.15, 0.2) is 0 Å². The molecule has 0 bridgehead atoms. The summed E-state index contributed by atoms with van der Waals surface area (Å²) in [6.45, 7) is 7.07. The first-order valence-corrected chi connectivity index (χ1v) is 12.3. The topological polar surface area (TPSA) is 102 Å². The number of anilines is 1. The predicted octanol–water partition coefficient (Wildman–Crippen LogP) is 2.82. The standard InChI is InChI=1S/C23H35Cl2N5O3/c1-5-33-23(32)17(28-22(31)21(26)15(2)3)7-9-20-27-18-14-16(6-8-19(18)29(20)4)30(12-10-24)13-11-25/h6,8,14-15,17,21H,5,7,9-13,26H2,1-4H3,(H,28,31)/t17-,21-/m0/s1. The first kappa shape index (κ1) is 27.2. The van der Waals surface area contributed by atoms with Gasteiger partial charge in [0, 0.05) is 44.0 Å². The molecule has 0 unspecified atom stereocenters. The molecule has 10 heteroatoms. The van der Waals surface area contributed by atoms with Gasteiger partial charge in [-0.25, -0.2) is 9.78 Å². The van der Waals surface area contributed by atoms with Gasteiger partial charge in [-0.1, -0.05) is 13.8 Å². The zero-order valence-electron chi connectivity index (χ0n) is 19.8. The lowest BCUT2D eigenvalue weighted by molar-refractivity contribution is -0.147. The molecule has 0 fully saturated rings. The van der Waals surface area contributed by atoms with E-state index in [4.69, 9.17) is 38.7 Å². The first-order valence-electron chi connectivity index (χ1n) is 11.3. The van der Waals surface area contributed by atoms with E-state index >= 15 is 0 Å². The average molecular weight is 500 g/mol. The molecule has 0 saturated carbocycles. The van der Waals surface area contributed by atoms with Crippen molar-refractivity contribution in [3.05, 3.63) is 24.0 Å². The Morgan fingerprint density at radius 2 is 1.91 bits per heavy atom. The number of esters is 1. The van der Waals surface area contributed by atoms with Gasteiger partial charge in [-0.3, -0.25) is 4.79 Å². The van der Waals surface area contributed by atoms with Gasteiger partial charge in [0.2, 0.25) is 5.91 Å². The van der Waals surface area contributed by atoms with Crippen LogP contribution in [0.25, 0.3) is 11.0 Å². The first-order chi connectivity index (χ1) is 15.7. The van der Waals surface area contributed by atoms with Gasteiger partial charge in [-0.15, -0.1) is 23.2 Å². The Morgan fingerprint density at radius 3 is 2.48 bits per heavy atom. The summed E-state index contributed by atoms with van der Waals surface area (Å²) in [6, 6.07) is 4.58. The molecule has 0 radical (unpaired) electrons. The second kappa shape index (κ2) is 13.0. The number of aromatic nitrogens is 2. The summed E-state index contributed by atoms with van der Waals surface area (Å²) in [5.74, 6) is 0.935. The molecular formula is C23H35Cl2N5O3. The van der Waals surface area contributed by atoms with Crippen LogP contribution in [-0.2, 0) is 27.8 Å². The van der Waals surface area contributed by atoms with Crippen molar-refractivity contribution < 1.29 is 14.3 Å². The summed E-state index contributed by atoms with van der Waals surface area (Å²) in [5.41, 5.74) is 8.77. The normalized spacial score (nSPS) is 13.2. The fraction of sp³-hybridized carbons (Fsp3) is 0.609. The lowest BCUT2D eigenvalue weighted by atomic mass is 10.0. The summed E-state index contributed by atoms with van der Waals surface area (Å²) in [6.07, 6.45) is 0.832. The van der Waals surface area contributed by atoms with Crippen molar-refractivity contribution in [3.8, 4) is 0 Å². The van der Waals surface area contributed by atoms with Crippen molar-refractivity contribution in [1.82, 2.24) is 14.9 Å². The number of alkyl halides is 2. The van der Waals surface area contributed by atoms with Crippen LogP contribution in [0.3, 0.4) is 0 Å². The minimum Gasteiger partial charge on any atom is -0.464 e. The van der Waals surface area contributed by atoms with E-state index in [1.54, 1.807) is 6.92 Å². The maximum Gasteiger partial charge on any atom is 0.328 e. The van der Waals surface area contributed by atoms with E-state index in [1.165, 1.54) is 0 Å². The third-order valence-corrected chi connectivity index (χ3v) is 5.93. The fourth-order valence-electron chi connectivity index (χ4n) is 3.57. The van der Waals surface area contributed by atoms with Crippen LogP contribution < -0.4 is 16.0 Å². The Bertz CT molecular complexity index is 928. The molecule has 1 aromatic heterocycles. The Labute approximate surface area is 205 Å². The molecular weight excluding hydrogens is 465 g/mol. The number of rotatable bonds is 13. The van der Waals surface area contributed by atoms with Gasteiger partial charge in [-0.2, -0.15) is 0 Å². The zero-order valence-corrected chi connectivity index (χ0v) is 21.3. The van der Waals surface area contributed by atoms with Crippen LogP contribution in [-0.4, -0.2) is 65.0 Å². The molecule has 33 heavy (non-hydrogen) atoms. The summed E-state index contributed by atoms with van der Waals surface area (Å²) >= 11 is 11.9. The third-order valence-electron chi connectivity index (χ3n) is 5.60. The molecule has 3 N–H and O–H groups in total. The third kappa shape index (κ3) is 7.22. The average Bonchev–Trinajstić information content (AvgIpc) is 3.10. The molecule has 1 amide bonds. The van der Waals surface area contributed by atoms with Crippen LogP contribution in [0.2, 0.25) is 0 Å². The predicted molar refractivity (Wildman–Crippen MR) is 134 cm³/mol. The largest absolute Gasteiger partial charge is 0.464 e. The van der Waals surface area contributed by atoms with Crippen LogP contribution in [0.4, 0.5) is 5.69 Å². The SMILES string of the molecule is CCOC(=O)[C@H](CCc1nc2cc(N(CCCl)CCCl)ccc2n1C)NC(=O)[C@@H](N)C(C)C. The fourth-order valence-corrected chi connectivity index (χ4v) is 3.98. The van der Waals surface area contributed by atoms with Crippen molar-refractivity contribution in [1.29, 1.82) is 0 Å². The zero-order chi connectivity index (χ0) is 24.5. The highest BCUT2D eigenvalue weighted by Gasteiger charge is 2.26. The Kier molecular flexibility index (Phi) is 10.7. The number of nitrogens with two attached hydrogens (primary N) is 1. The van der Waals surface area contributed by atoms with Crippen LogP contribution >= 0.6 is 23.2 Å². The van der Waals surface area contributed by atoms with E-state index in [0.717, 1.165) is 22.5 Å². The second-order valence-electron chi connectivity index (χ2n) is 8.25. The maximum atomic E-state index is 12.5. The van der Waals surface area contributed by atoms with Crippen molar-refractivity contribution in [2.75, 3.05) is 36.4 Å². The van der Waals surface area contributed by atoms with Gasteiger partial charge in [0.1, 0.15) is 11.9 Å². The summed E-state index contributed by atoms with van der Waals surface area (Å²) in [5, 5.41) is 2.75. The number of imidazole rings is 1. The molecule has 1 heterocycles. The number of hydrogen-bond acceptors (Lipinski definition) is 6. The minimum atomic E-state index is -0.791. The smallest absolute Gasteiger partial charge is 0.328 e. The van der Waals surface area contributed by atoms with E-state index in [-0.39, 0.29) is 18.4 Å². The number of fused-ring (bicyclic) bond motifs is 1. The van der Waals surface area contributed by atoms with Crippen molar-refractivity contribution >= 4 is 51.8 Å². The molecule has 2 atom stereocenters. The maximum absolute atomic E-state index is 12.5. The van der Waals surface area contributed by atoms with E-state index in [2.05, 4.69) is 10.2 Å². The van der Waals surface area contributed by atoms with Crippen molar-refractivity contribution in [3.63, 3.8) is 0 Å². The highest BCUT2D eigenvalue weighted by atomic mass is 35.5. The molecule has 2 aromatic rings. The van der Waals surface area contributed by atoms with Gasteiger partial charge in [0.25, 0.3) is 0 Å². The molecule has 2 rings (SSSR count). The number of benzene rings is 1. The number of carbonyl (C=O) groups excluding carboxylic acids is 2. The molecule has 1 aromatic carbocycles. The molecule has 184 valence electrons. The number of hydrogen-bond donors (Lipinski definition) is 2. The molecule has 0 saturated heterocycles. The molecule has 0 spiro atoms. The van der Waals surface area contributed by atoms with Crippen LogP contribution in [0.5, 0.6) is 0 Å². The number of nitrogens with one attached hydrogen (secondary N) is 1. The summed E-state index contributed by atoms with van der Waals surface area (Å²) in [7, 11) is 1.94. The number of nitrogens with zero attached hydrogens (tertiary/aromatic N) is 3. The molecule has 0 aliphatic rings. The van der Waals surface area contributed by atoms with Gasteiger partial charge >= 0.3 is 5.97 Å². The van der Waals surface area contributed by atoms with Crippen molar-refractivity contribution in [2.24, 2.45) is 18.7 Å².